The number of ether oxygens (including phenoxy) is 1. The third-order valence-electron chi connectivity index (χ3n) is 8.94. The summed E-state index contributed by atoms with van der Waals surface area (Å²) in [6, 6.07) is 12.0. The lowest BCUT2D eigenvalue weighted by Crippen LogP contribution is -3.00. The molecule has 0 heterocycles. The fourth-order valence-corrected chi connectivity index (χ4v) is 6.76. The van der Waals surface area contributed by atoms with E-state index in [4.69, 9.17) is 4.74 Å². The van der Waals surface area contributed by atoms with Crippen molar-refractivity contribution >= 4 is 15.9 Å². The Morgan fingerprint density at radius 1 is 0.732 bits per heavy atom. The number of rotatable bonds is 11. The van der Waals surface area contributed by atoms with Gasteiger partial charge in [0.1, 0.15) is 11.5 Å². The van der Waals surface area contributed by atoms with Crippen LogP contribution in [0.1, 0.15) is 89.2 Å². The van der Waals surface area contributed by atoms with Crippen molar-refractivity contribution in [3.8, 4) is 22.6 Å². The number of phenolic OH excluding ortho intramolecular Hbond substituents is 1. The first-order valence-corrected chi connectivity index (χ1v) is 16.5. The van der Waals surface area contributed by atoms with Gasteiger partial charge in [0.25, 0.3) is 0 Å². The molecule has 0 aromatic heterocycles. The van der Waals surface area contributed by atoms with E-state index >= 15 is 0 Å². The maximum Gasteiger partial charge on any atom is 0.127 e. The van der Waals surface area contributed by atoms with E-state index in [2.05, 4.69) is 55.1 Å². The van der Waals surface area contributed by atoms with Gasteiger partial charge in [-0.3, -0.25) is 0 Å². The van der Waals surface area contributed by atoms with Crippen molar-refractivity contribution in [2.45, 2.75) is 90.9 Å². The number of hydrogen-bond acceptors (Lipinski definition) is 2. The van der Waals surface area contributed by atoms with Crippen molar-refractivity contribution in [3.05, 3.63) is 72.8 Å². The quantitative estimate of drug-likeness (QED) is 0.266. The Labute approximate surface area is 280 Å². The smallest absolute Gasteiger partial charge is 0.127 e. The molecule has 0 spiro atoms. The van der Waals surface area contributed by atoms with Crippen LogP contribution in [0.4, 0.5) is 0 Å². The molecule has 2 aliphatic carbocycles. The Balaban J connectivity index is 0.000000596. The predicted octanol–water partition coefficient (Wildman–Crippen LogP) is 4.72. The monoisotopic (exact) mass is 752 g/mol. The normalized spacial score (nSPS) is 21.7. The molecule has 4 rings (SSSR count). The van der Waals surface area contributed by atoms with Crippen LogP contribution in [0.3, 0.4) is 0 Å². The van der Waals surface area contributed by atoms with Crippen LogP contribution in [0.15, 0.2) is 61.7 Å². The van der Waals surface area contributed by atoms with Gasteiger partial charge >= 0.3 is 0 Å². The predicted molar refractivity (Wildman–Crippen MR) is 172 cm³/mol. The minimum absolute atomic E-state index is 0. The molecule has 2 aromatic carbocycles. The van der Waals surface area contributed by atoms with Crippen LogP contribution >= 0.6 is 15.9 Å². The van der Waals surface area contributed by atoms with Crippen LogP contribution in [-0.2, 0) is 12.8 Å². The third kappa shape index (κ3) is 12.2. The summed E-state index contributed by atoms with van der Waals surface area (Å²) in [7, 11) is 0. The zero-order valence-corrected chi connectivity index (χ0v) is 30.0. The summed E-state index contributed by atoms with van der Waals surface area (Å²) < 4.78 is 6.33. The minimum atomic E-state index is 0. The molecular formula is C36H51Br3O2-2. The minimum Gasteiger partial charge on any atom is -1.00 e. The molecule has 0 radical (unpaired) electrons. The van der Waals surface area contributed by atoms with Gasteiger partial charge in [0, 0.05) is 16.5 Å². The van der Waals surface area contributed by atoms with Gasteiger partial charge in [-0.1, -0.05) is 92.6 Å². The van der Waals surface area contributed by atoms with Crippen LogP contribution in [0.5, 0.6) is 11.5 Å². The lowest BCUT2D eigenvalue weighted by Gasteiger charge is -2.28. The van der Waals surface area contributed by atoms with Crippen molar-refractivity contribution in [2.75, 3.05) is 11.9 Å². The molecule has 2 fully saturated rings. The van der Waals surface area contributed by atoms with Crippen molar-refractivity contribution in [2.24, 2.45) is 23.7 Å². The Morgan fingerprint density at radius 2 is 1.20 bits per heavy atom. The average molecular weight is 756 g/mol. The van der Waals surface area contributed by atoms with Crippen LogP contribution in [0.25, 0.3) is 11.1 Å². The molecule has 41 heavy (non-hydrogen) atoms. The molecule has 2 aliphatic rings. The summed E-state index contributed by atoms with van der Waals surface area (Å²) in [5.41, 5.74) is 4.07. The zero-order chi connectivity index (χ0) is 28.0. The highest BCUT2D eigenvalue weighted by Crippen LogP contribution is 2.39. The second-order valence-electron chi connectivity index (χ2n) is 11.7. The number of hydrogen-bond donors (Lipinski definition) is 1. The summed E-state index contributed by atoms with van der Waals surface area (Å²) in [6.45, 7) is 13.0. The lowest BCUT2D eigenvalue weighted by molar-refractivity contribution is -0.00100. The number of alkyl halides is 1. The molecule has 2 nitrogen and oxygen atoms in total. The van der Waals surface area contributed by atoms with Crippen molar-refractivity contribution < 1.29 is 43.8 Å². The third-order valence-corrected chi connectivity index (χ3v) is 9.85. The summed E-state index contributed by atoms with van der Waals surface area (Å²) >= 11 is 3.55. The summed E-state index contributed by atoms with van der Waals surface area (Å²) in [6.07, 6.45) is 19.1. The summed E-state index contributed by atoms with van der Waals surface area (Å²) in [5, 5.41) is 11.8. The Kier molecular flexibility index (Phi) is 19.3. The number of benzene rings is 2. The SMILES string of the molecule is C=CCc1ccc(O)c(-c2cc(CC=C)ccc2OCC2CCC(CC)CC2)c1.CCC1CCC(CBr)CC1.[Br-].[Br-]. The van der Waals surface area contributed by atoms with E-state index in [9.17, 15) is 5.11 Å². The molecule has 0 aliphatic heterocycles. The van der Waals surface area contributed by atoms with Gasteiger partial charge in [0.2, 0.25) is 0 Å². The Hall–Kier alpha value is -1.04. The van der Waals surface area contributed by atoms with E-state index in [0.717, 1.165) is 59.6 Å². The molecule has 0 atom stereocenters. The first-order chi connectivity index (χ1) is 19.0. The molecule has 230 valence electrons. The van der Waals surface area contributed by atoms with Crippen molar-refractivity contribution in [1.82, 2.24) is 0 Å². The van der Waals surface area contributed by atoms with Gasteiger partial charge in [-0.15, -0.1) is 13.2 Å². The van der Waals surface area contributed by atoms with Crippen LogP contribution < -0.4 is 38.7 Å². The van der Waals surface area contributed by atoms with E-state index in [0.29, 0.717) is 5.92 Å². The Morgan fingerprint density at radius 3 is 1.68 bits per heavy atom. The van der Waals surface area contributed by atoms with Gasteiger partial charge in [-0.05, 0) is 97.6 Å². The van der Waals surface area contributed by atoms with E-state index in [1.165, 1.54) is 75.1 Å². The number of phenols is 1. The highest BCUT2D eigenvalue weighted by molar-refractivity contribution is 9.09. The second kappa shape index (κ2) is 20.8. The fourth-order valence-electron chi connectivity index (χ4n) is 6.11. The summed E-state index contributed by atoms with van der Waals surface area (Å²) in [5.74, 6) is 4.69. The molecule has 2 aromatic rings. The van der Waals surface area contributed by atoms with Crippen molar-refractivity contribution in [3.63, 3.8) is 0 Å². The molecule has 5 heteroatoms. The maximum absolute atomic E-state index is 10.6. The van der Waals surface area contributed by atoms with Gasteiger partial charge in [-0.2, -0.15) is 0 Å². The second-order valence-corrected chi connectivity index (χ2v) is 12.4. The van der Waals surface area contributed by atoms with Gasteiger partial charge in [0.15, 0.2) is 0 Å². The first-order valence-electron chi connectivity index (χ1n) is 15.4. The first kappa shape index (κ1) is 38.0. The van der Waals surface area contributed by atoms with Crippen LogP contribution in [0, 0.1) is 23.7 Å². The molecule has 2 saturated carbocycles. The lowest BCUT2D eigenvalue weighted by atomic mass is 9.81. The molecule has 0 bridgehead atoms. The van der Waals surface area contributed by atoms with Crippen molar-refractivity contribution in [1.29, 1.82) is 0 Å². The van der Waals surface area contributed by atoms with E-state index in [1.807, 2.05) is 30.4 Å². The average Bonchev–Trinajstić information content (AvgIpc) is 2.98. The fraction of sp³-hybridized carbons (Fsp3) is 0.556. The number of allylic oxidation sites excluding steroid dienone is 2. The number of aromatic hydroxyl groups is 1. The maximum atomic E-state index is 10.6. The van der Waals surface area contributed by atoms with E-state index < -0.39 is 0 Å². The molecular weight excluding hydrogens is 704 g/mol. The topological polar surface area (TPSA) is 29.5 Å². The highest BCUT2D eigenvalue weighted by Gasteiger charge is 2.21. The highest BCUT2D eigenvalue weighted by atomic mass is 79.9. The van der Waals surface area contributed by atoms with Gasteiger partial charge < -0.3 is 43.8 Å². The summed E-state index contributed by atoms with van der Waals surface area (Å²) in [4.78, 5) is 0. The molecule has 0 saturated heterocycles. The van der Waals surface area contributed by atoms with E-state index in [1.54, 1.807) is 6.07 Å². The molecule has 0 unspecified atom stereocenters. The van der Waals surface area contributed by atoms with E-state index in [-0.39, 0.29) is 39.7 Å². The van der Waals surface area contributed by atoms with Gasteiger partial charge in [0.05, 0.1) is 6.61 Å². The zero-order valence-electron chi connectivity index (χ0n) is 25.2. The Bertz CT molecular complexity index is 1010. The number of halogens is 3. The molecule has 0 amide bonds. The largest absolute Gasteiger partial charge is 1.00 e. The van der Waals surface area contributed by atoms with Crippen LogP contribution in [0.2, 0.25) is 0 Å². The van der Waals surface area contributed by atoms with Crippen LogP contribution in [-0.4, -0.2) is 17.0 Å². The van der Waals surface area contributed by atoms with Gasteiger partial charge in [-0.25, -0.2) is 0 Å². The molecule has 1 N–H and O–H groups in total. The standard InChI is InChI=1S/C27H34O2.C9H17Br.2BrH/c1-4-7-21-13-15-26(28)24(17-21)25-18-22(8-5-2)14-16-27(25)29-19-23-11-9-20(6-3)10-12-23;1-2-8-3-5-9(7-10)6-4-8;;/h4-5,13-18,20,23,28H,1-2,6-12,19H2,3H3;8-9H,2-7H2,1H3;2*1H/p-2.